The Morgan fingerprint density at radius 3 is 2.50 bits per heavy atom. The first-order valence-corrected chi connectivity index (χ1v) is 6.16. The first kappa shape index (κ1) is 15.4. The minimum absolute atomic E-state index is 0.0460. The quantitative estimate of drug-likeness (QED) is 0.584. The van der Waals surface area contributed by atoms with Gasteiger partial charge in [-0.3, -0.25) is 4.79 Å². The van der Waals surface area contributed by atoms with Gasteiger partial charge in [-0.15, -0.1) is 0 Å². The minimum atomic E-state index is -0.145. The molecule has 0 aliphatic carbocycles. The van der Waals surface area contributed by atoms with Gasteiger partial charge in [-0.05, 0) is 26.2 Å². The second kappa shape index (κ2) is 9.60. The summed E-state index contributed by atoms with van der Waals surface area (Å²) in [7, 11) is 0. The standard InChI is InChI=1S/C12H26N2O2/c1-5-13-12(15)11(4)14-7-9-16-8-6-10(2)3/h10-11,14H,5-9H2,1-4H3,(H,13,15). The minimum Gasteiger partial charge on any atom is -0.380 e. The molecule has 96 valence electrons. The molecule has 16 heavy (non-hydrogen) atoms. The molecule has 0 spiro atoms. The summed E-state index contributed by atoms with van der Waals surface area (Å²) >= 11 is 0. The molecule has 0 aliphatic heterocycles. The third-order valence-corrected chi connectivity index (χ3v) is 2.28. The van der Waals surface area contributed by atoms with Gasteiger partial charge in [0.05, 0.1) is 12.6 Å². The van der Waals surface area contributed by atoms with Crippen LogP contribution in [0.1, 0.15) is 34.1 Å². The van der Waals surface area contributed by atoms with Gasteiger partial charge in [0.15, 0.2) is 0 Å². The van der Waals surface area contributed by atoms with E-state index in [0.717, 1.165) is 19.6 Å². The lowest BCUT2D eigenvalue weighted by Gasteiger charge is -2.13. The van der Waals surface area contributed by atoms with Crippen LogP contribution in [-0.2, 0) is 9.53 Å². The van der Waals surface area contributed by atoms with Crippen LogP contribution >= 0.6 is 0 Å². The van der Waals surface area contributed by atoms with Gasteiger partial charge in [-0.2, -0.15) is 0 Å². The van der Waals surface area contributed by atoms with Gasteiger partial charge in [0.1, 0.15) is 0 Å². The maximum absolute atomic E-state index is 11.3. The van der Waals surface area contributed by atoms with Crippen LogP contribution in [0.4, 0.5) is 0 Å². The number of likely N-dealkylation sites (N-methyl/N-ethyl adjacent to an activating group) is 1. The Morgan fingerprint density at radius 1 is 1.25 bits per heavy atom. The monoisotopic (exact) mass is 230 g/mol. The Hall–Kier alpha value is -0.610. The van der Waals surface area contributed by atoms with E-state index in [0.29, 0.717) is 19.1 Å². The second-order valence-corrected chi connectivity index (χ2v) is 4.37. The summed E-state index contributed by atoms with van der Waals surface area (Å²) < 4.78 is 5.44. The maximum Gasteiger partial charge on any atom is 0.236 e. The van der Waals surface area contributed by atoms with Crippen molar-refractivity contribution in [3.05, 3.63) is 0 Å². The summed E-state index contributed by atoms with van der Waals surface area (Å²) in [5, 5.41) is 5.89. The zero-order chi connectivity index (χ0) is 12.4. The number of carbonyl (C=O) groups excluding carboxylic acids is 1. The van der Waals surface area contributed by atoms with Crippen molar-refractivity contribution in [3.63, 3.8) is 0 Å². The molecule has 0 saturated carbocycles. The lowest BCUT2D eigenvalue weighted by Crippen LogP contribution is -2.43. The van der Waals surface area contributed by atoms with Crippen molar-refractivity contribution in [3.8, 4) is 0 Å². The highest BCUT2D eigenvalue weighted by Gasteiger charge is 2.09. The lowest BCUT2D eigenvalue weighted by molar-refractivity contribution is -0.122. The van der Waals surface area contributed by atoms with E-state index in [9.17, 15) is 4.79 Å². The molecule has 4 heteroatoms. The van der Waals surface area contributed by atoms with Gasteiger partial charge in [0, 0.05) is 19.7 Å². The van der Waals surface area contributed by atoms with Crippen molar-refractivity contribution >= 4 is 5.91 Å². The van der Waals surface area contributed by atoms with Crippen LogP contribution < -0.4 is 10.6 Å². The number of hydrogen-bond acceptors (Lipinski definition) is 3. The van der Waals surface area contributed by atoms with E-state index >= 15 is 0 Å². The summed E-state index contributed by atoms with van der Waals surface area (Å²) in [5.74, 6) is 0.729. The first-order valence-electron chi connectivity index (χ1n) is 6.16. The van der Waals surface area contributed by atoms with E-state index in [1.165, 1.54) is 0 Å². The van der Waals surface area contributed by atoms with Crippen LogP contribution in [0.2, 0.25) is 0 Å². The molecule has 0 aromatic carbocycles. The topological polar surface area (TPSA) is 50.4 Å². The Labute approximate surface area is 99.1 Å². The average Bonchev–Trinajstić information content (AvgIpc) is 2.22. The van der Waals surface area contributed by atoms with Gasteiger partial charge in [-0.25, -0.2) is 0 Å². The molecule has 0 rings (SSSR count). The van der Waals surface area contributed by atoms with E-state index in [4.69, 9.17) is 4.74 Å². The number of rotatable bonds is 9. The van der Waals surface area contributed by atoms with Crippen molar-refractivity contribution in [2.45, 2.75) is 40.2 Å². The lowest BCUT2D eigenvalue weighted by atomic mass is 10.1. The Bertz CT molecular complexity index is 184. The smallest absolute Gasteiger partial charge is 0.236 e. The fourth-order valence-corrected chi connectivity index (χ4v) is 1.19. The van der Waals surface area contributed by atoms with Crippen molar-refractivity contribution in [1.82, 2.24) is 10.6 Å². The summed E-state index contributed by atoms with van der Waals surface area (Å²) in [5.41, 5.74) is 0. The summed E-state index contributed by atoms with van der Waals surface area (Å²) in [6.07, 6.45) is 1.09. The molecule has 4 nitrogen and oxygen atoms in total. The van der Waals surface area contributed by atoms with Gasteiger partial charge < -0.3 is 15.4 Å². The normalized spacial score (nSPS) is 12.8. The van der Waals surface area contributed by atoms with E-state index in [1.807, 2.05) is 13.8 Å². The Morgan fingerprint density at radius 2 is 1.94 bits per heavy atom. The SMILES string of the molecule is CCNC(=O)C(C)NCCOCCC(C)C. The van der Waals surface area contributed by atoms with E-state index in [1.54, 1.807) is 0 Å². The van der Waals surface area contributed by atoms with Gasteiger partial charge in [-0.1, -0.05) is 13.8 Å². The Kier molecular flexibility index (Phi) is 9.24. The van der Waals surface area contributed by atoms with Crippen molar-refractivity contribution in [2.24, 2.45) is 5.92 Å². The predicted molar refractivity (Wildman–Crippen MR) is 66.4 cm³/mol. The van der Waals surface area contributed by atoms with Crippen LogP contribution in [0.3, 0.4) is 0 Å². The second-order valence-electron chi connectivity index (χ2n) is 4.37. The van der Waals surface area contributed by atoms with E-state index in [-0.39, 0.29) is 11.9 Å². The van der Waals surface area contributed by atoms with Gasteiger partial charge in [0.25, 0.3) is 0 Å². The van der Waals surface area contributed by atoms with Crippen LogP contribution in [0, 0.1) is 5.92 Å². The van der Waals surface area contributed by atoms with Crippen LogP contribution in [-0.4, -0.2) is 38.3 Å². The molecule has 0 aromatic rings. The number of nitrogens with one attached hydrogen (secondary N) is 2. The highest BCUT2D eigenvalue weighted by atomic mass is 16.5. The maximum atomic E-state index is 11.3. The first-order chi connectivity index (χ1) is 7.57. The molecule has 1 amide bonds. The fraction of sp³-hybridized carbons (Fsp3) is 0.917. The molecule has 0 bridgehead atoms. The molecule has 0 aliphatic rings. The van der Waals surface area contributed by atoms with Crippen molar-refractivity contribution < 1.29 is 9.53 Å². The molecule has 0 fully saturated rings. The molecule has 0 heterocycles. The molecule has 0 aromatic heterocycles. The summed E-state index contributed by atoms with van der Waals surface area (Å²) in [4.78, 5) is 11.3. The molecule has 0 saturated heterocycles. The van der Waals surface area contributed by atoms with Gasteiger partial charge >= 0.3 is 0 Å². The number of ether oxygens (including phenoxy) is 1. The van der Waals surface area contributed by atoms with Crippen molar-refractivity contribution in [2.75, 3.05) is 26.3 Å². The number of carbonyl (C=O) groups is 1. The largest absolute Gasteiger partial charge is 0.380 e. The van der Waals surface area contributed by atoms with Crippen molar-refractivity contribution in [1.29, 1.82) is 0 Å². The molecular formula is C12H26N2O2. The fourth-order valence-electron chi connectivity index (χ4n) is 1.19. The third-order valence-electron chi connectivity index (χ3n) is 2.28. The highest BCUT2D eigenvalue weighted by molar-refractivity contribution is 5.81. The molecule has 1 unspecified atom stereocenters. The third kappa shape index (κ3) is 8.68. The van der Waals surface area contributed by atoms with Crippen LogP contribution in [0.15, 0.2) is 0 Å². The highest BCUT2D eigenvalue weighted by Crippen LogP contribution is 1.98. The Balaban J connectivity index is 3.34. The van der Waals surface area contributed by atoms with E-state index in [2.05, 4.69) is 24.5 Å². The molecule has 0 radical (unpaired) electrons. The predicted octanol–water partition coefficient (Wildman–Crippen LogP) is 1.16. The zero-order valence-corrected chi connectivity index (χ0v) is 11.0. The number of amides is 1. The molecule has 2 N–H and O–H groups in total. The van der Waals surface area contributed by atoms with Crippen LogP contribution in [0.25, 0.3) is 0 Å². The summed E-state index contributed by atoms with van der Waals surface area (Å²) in [6.45, 7) is 11.0. The van der Waals surface area contributed by atoms with Gasteiger partial charge in [0.2, 0.25) is 5.91 Å². The van der Waals surface area contributed by atoms with Crippen LogP contribution in [0.5, 0.6) is 0 Å². The average molecular weight is 230 g/mol. The molecular weight excluding hydrogens is 204 g/mol. The summed E-state index contributed by atoms with van der Waals surface area (Å²) in [6, 6.07) is -0.145. The number of hydrogen-bond donors (Lipinski definition) is 2. The molecule has 1 atom stereocenters. The zero-order valence-electron chi connectivity index (χ0n) is 11.0. The van der Waals surface area contributed by atoms with E-state index < -0.39 is 0 Å².